The minimum absolute atomic E-state index is 0. The third kappa shape index (κ3) is 31.4. The number of rotatable bonds is 0. The molecule has 19 heavy (non-hydrogen) atoms. The number of hydrogen-bond acceptors (Lipinski definition) is 9. The summed E-state index contributed by atoms with van der Waals surface area (Å²) in [7, 11) is 0. The van der Waals surface area contributed by atoms with E-state index < -0.39 is 18.1 Å². The molecule has 0 heterocycles. The first-order valence-corrected chi connectivity index (χ1v) is 3.84. The van der Waals surface area contributed by atoms with Crippen LogP contribution < -0.4 is 67.6 Å². The molecule has 0 atom stereocenters. The van der Waals surface area contributed by atoms with Gasteiger partial charge in [0.15, 0.2) is 0 Å². The number of urea groups is 3. The monoisotopic (exact) mass is 328 g/mol. The summed E-state index contributed by atoms with van der Waals surface area (Å²) in [5.74, 6) is 27.2. The second kappa shape index (κ2) is 21.4. The minimum atomic E-state index is -0.602. The normalized spacial score (nSPS) is 6.63. The summed E-state index contributed by atoms with van der Waals surface area (Å²) in [5.41, 5.74) is 10.4. The van der Waals surface area contributed by atoms with Crippen molar-refractivity contribution in [3.63, 3.8) is 0 Å². The van der Waals surface area contributed by atoms with Crippen molar-refractivity contribution < 1.29 is 30.9 Å². The Morgan fingerprint density at radius 3 is 0.579 bits per heavy atom. The van der Waals surface area contributed by atoms with Crippen LogP contribution in [0.15, 0.2) is 0 Å². The van der Waals surface area contributed by atoms with E-state index in [-0.39, 0.29) is 16.5 Å². The first kappa shape index (κ1) is 25.8. The zero-order valence-electron chi connectivity index (χ0n) is 9.51. The van der Waals surface area contributed by atoms with E-state index in [2.05, 4.69) is 35.1 Å². The summed E-state index contributed by atoms with van der Waals surface area (Å²) in [6.07, 6.45) is 0. The van der Waals surface area contributed by atoms with Crippen LogP contribution >= 0.6 is 0 Å². The van der Waals surface area contributed by atoms with Crippen LogP contribution in [0.3, 0.4) is 0 Å². The molecule has 118 valence electrons. The van der Waals surface area contributed by atoms with Crippen LogP contribution in [0.5, 0.6) is 0 Å². The Kier molecular flexibility index (Phi) is 29.0. The van der Waals surface area contributed by atoms with Crippen molar-refractivity contribution in [2.75, 3.05) is 0 Å². The number of hydrogen-bond donors (Lipinski definition) is 12. The van der Waals surface area contributed by atoms with Gasteiger partial charge in [-0.3, -0.25) is 32.6 Å². The van der Waals surface area contributed by atoms with Gasteiger partial charge in [-0.2, -0.15) is 0 Å². The Morgan fingerprint density at radius 2 is 0.579 bits per heavy atom. The maximum atomic E-state index is 9.71. The smallest absolute Gasteiger partial charge is 0.275 e. The number of carbonyl (C=O) groups excluding carboxylic acids is 3. The molecule has 0 aliphatic heterocycles. The van der Waals surface area contributed by atoms with Gasteiger partial charge in [0.25, 0.3) is 0 Å². The molecule has 6 amide bonds. The maximum Gasteiger partial charge on any atom is 0.343 e. The molecule has 0 saturated carbocycles. The van der Waals surface area contributed by atoms with E-state index in [0.29, 0.717) is 0 Å². The standard InChI is InChI=1S/3CH6N4O.Ni/c3*2-4-1(6)5-3;/h3*2-3H2,(H2,4,5,6);. The average Bonchev–Trinajstić information content (AvgIpc) is 2.45. The Balaban J connectivity index is -0.0000000865. The Labute approximate surface area is 117 Å². The zero-order valence-corrected chi connectivity index (χ0v) is 10.5. The fraction of sp³-hybridized carbons (Fsp3) is 0. The van der Waals surface area contributed by atoms with Crippen molar-refractivity contribution in [1.29, 1.82) is 0 Å². The molecule has 0 bridgehead atoms. The van der Waals surface area contributed by atoms with Crippen LogP contribution in [-0.4, -0.2) is 18.1 Å². The molecule has 0 radical (unpaired) electrons. The topological polar surface area (TPSA) is 280 Å². The second-order valence-electron chi connectivity index (χ2n) is 1.85. The molecule has 18 N–H and O–H groups in total. The number of nitrogens with two attached hydrogens (primary N) is 6. The molecule has 0 aromatic carbocycles. The average molecular weight is 329 g/mol. The minimum Gasteiger partial charge on any atom is -0.275 e. The third-order valence-electron chi connectivity index (χ3n) is 0.787. The molecule has 0 fully saturated rings. The predicted molar refractivity (Wildman–Crippen MR) is 60.1 cm³/mol. The van der Waals surface area contributed by atoms with Crippen molar-refractivity contribution in [1.82, 2.24) is 32.6 Å². The van der Waals surface area contributed by atoms with Gasteiger partial charge in [0.1, 0.15) is 0 Å². The van der Waals surface area contributed by atoms with E-state index in [0.717, 1.165) is 0 Å². The van der Waals surface area contributed by atoms with Gasteiger partial charge in [-0.25, -0.2) is 49.4 Å². The van der Waals surface area contributed by atoms with Gasteiger partial charge >= 0.3 is 18.1 Å². The van der Waals surface area contributed by atoms with Crippen molar-refractivity contribution in [2.45, 2.75) is 0 Å². The molecule has 0 aliphatic rings. The van der Waals surface area contributed by atoms with Crippen molar-refractivity contribution >= 4 is 18.1 Å². The molecule has 0 aliphatic carbocycles. The Morgan fingerprint density at radius 1 is 0.474 bits per heavy atom. The molecular formula is C3H18N12NiO3. The van der Waals surface area contributed by atoms with Crippen LogP contribution in [0.2, 0.25) is 0 Å². The van der Waals surface area contributed by atoms with Gasteiger partial charge < -0.3 is 0 Å². The summed E-state index contributed by atoms with van der Waals surface area (Å²) in [6.45, 7) is 0. The largest absolute Gasteiger partial charge is 0.343 e. The van der Waals surface area contributed by atoms with Crippen LogP contribution in [0.1, 0.15) is 0 Å². The van der Waals surface area contributed by atoms with Gasteiger partial charge in [-0.05, 0) is 0 Å². The number of carbonyl (C=O) groups is 3. The Bertz CT molecular complexity index is 180. The molecule has 15 nitrogen and oxygen atoms in total. The molecule has 0 unspecified atom stereocenters. The Hall–Kier alpha value is -1.94. The first-order chi connectivity index (χ1) is 8.42. The SMILES string of the molecule is NNC(=O)NN.NNC(=O)NN.NNC(=O)NN.[Ni]. The van der Waals surface area contributed by atoms with Gasteiger partial charge in [-0.1, -0.05) is 0 Å². The molecule has 0 saturated heterocycles. The van der Waals surface area contributed by atoms with Gasteiger partial charge in [-0.15, -0.1) is 0 Å². The van der Waals surface area contributed by atoms with Gasteiger partial charge in [0.2, 0.25) is 0 Å². The molecule has 0 aromatic heterocycles. The molecule has 0 spiro atoms. The third-order valence-corrected chi connectivity index (χ3v) is 0.787. The van der Waals surface area contributed by atoms with Crippen molar-refractivity contribution in [3.05, 3.63) is 0 Å². The molecule has 0 aromatic rings. The van der Waals surface area contributed by atoms with Crippen LogP contribution in [0.4, 0.5) is 14.4 Å². The molecule has 0 rings (SSSR count). The summed E-state index contributed by atoms with van der Waals surface area (Å²) < 4.78 is 0. The fourth-order valence-corrected chi connectivity index (χ4v) is 0.125. The van der Waals surface area contributed by atoms with E-state index in [1.54, 1.807) is 32.6 Å². The maximum absolute atomic E-state index is 9.71. The second-order valence-corrected chi connectivity index (χ2v) is 1.85. The number of hydrazine groups is 6. The van der Waals surface area contributed by atoms with Gasteiger partial charge in [0, 0.05) is 16.5 Å². The first-order valence-electron chi connectivity index (χ1n) is 3.84. The summed E-state index contributed by atoms with van der Waals surface area (Å²) in [5, 5.41) is 0. The van der Waals surface area contributed by atoms with E-state index in [4.69, 9.17) is 0 Å². The summed E-state index contributed by atoms with van der Waals surface area (Å²) >= 11 is 0. The van der Waals surface area contributed by atoms with Crippen molar-refractivity contribution in [2.24, 2.45) is 35.1 Å². The van der Waals surface area contributed by atoms with E-state index in [9.17, 15) is 14.4 Å². The zero-order chi connectivity index (χ0) is 15.0. The fourth-order valence-electron chi connectivity index (χ4n) is 0.125. The number of nitrogens with one attached hydrogen (secondary N) is 6. The van der Waals surface area contributed by atoms with Crippen LogP contribution in [-0.2, 0) is 16.5 Å². The summed E-state index contributed by atoms with van der Waals surface area (Å²) in [6, 6.07) is -1.81. The number of amides is 6. The quantitative estimate of drug-likeness (QED) is 0.0870. The summed E-state index contributed by atoms with van der Waals surface area (Å²) in [4.78, 5) is 29.1. The van der Waals surface area contributed by atoms with E-state index >= 15 is 0 Å². The molecular weight excluding hydrogens is 311 g/mol. The van der Waals surface area contributed by atoms with E-state index in [1.165, 1.54) is 0 Å². The van der Waals surface area contributed by atoms with Gasteiger partial charge in [0.05, 0.1) is 0 Å². The van der Waals surface area contributed by atoms with Crippen LogP contribution in [0.25, 0.3) is 0 Å². The van der Waals surface area contributed by atoms with Crippen molar-refractivity contribution in [3.8, 4) is 0 Å². The predicted octanol–water partition coefficient (Wildman–Crippen LogP) is -5.90. The van der Waals surface area contributed by atoms with Crippen LogP contribution in [0, 0.1) is 0 Å². The van der Waals surface area contributed by atoms with E-state index in [1.807, 2.05) is 0 Å². The molecule has 16 heteroatoms.